The molecule has 1 aromatic carbocycles. The summed E-state index contributed by atoms with van der Waals surface area (Å²) in [4.78, 5) is 27.0. The summed E-state index contributed by atoms with van der Waals surface area (Å²) in [5, 5.41) is 10.1. The third-order valence-corrected chi connectivity index (χ3v) is 5.62. The Labute approximate surface area is 176 Å². The van der Waals surface area contributed by atoms with Crippen LogP contribution in [0.25, 0.3) is 0 Å². The van der Waals surface area contributed by atoms with Crippen molar-refractivity contribution < 1.29 is 14.3 Å². The maximum atomic E-state index is 12.6. The van der Waals surface area contributed by atoms with Gasteiger partial charge in [-0.25, -0.2) is 0 Å². The molecule has 160 valence electrons. The van der Waals surface area contributed by atoms with Crippen molar-refractivity contribution >= 4 is 17.5 Å². The van der Waals surface area contributed by atoms with Crippen molar-refractivity contribution in [2.45, 2.75) is 50.9 Å². The number of nitrogens with one attached hydrogen (secondary N) is 2. The van der Waals surface area contributed by atoms with Crippen LogP contribution in [0.5, 0.6) is 0 Å². The fraction of sp³-hybridized carbons (Fsp3) is 0.500. The number of amides is 2. The Bertz CT molecular complexity index is 847. The highest BCUT2D eigenvalue weighted by Gasteiger charge is 2.27. The van der Waals surface area contributed by atoms with Crippen LogP contribution in [0.15, 0.2) is 42.7 Å². The average Bonchev–Trinajstić information content (AvgIpc) is 3.41. The minimum atomic E-state index is -0.531. The normalized spacial score (nSPS) is 20.2. The minimum absolute atomic E-state index is 0.0463. The predicted molar refractivity (Wildman–Crippen MR) is 113 cm³/mol. The number of anilines is 1. The molecule has 0 bridgehead atoms. The van der Waals surface area contributed by atoms with Crippen LogP contribution >= 0.6 is 0 Å². The number of aromatic nitrogens is 2. The van der Waals surface area contributed by atoms with Gasteiger partial charge in [-0.2, -0.15) is 5.10 Å². The molecular weight excluding hydrogens is 382 g/mol. The van der Waals surface area contributed by atoms with Gasteiger partial charge in [-0.05, 0) is 18.4 Å². The lowest BCUT2D eigenvalue weighted by Gasteiger charge is -2.32. The van der Waals surface area contributed by atoms with Crippen LogP contribution in [-0.4, -0.2) is 58.3 Å². The number of ether oxygens (including phenoxy) is 1. The zero-order chi connectivity index (χ0) is 20.8. The molecule has 2 heterocycles. The number of hydrogen-bond acceptors (Lipinski definition) is 5. The van der Waals surface area contributed by atoms with E-state index in [-0.39, 0.29) is 24.4 Å². The Morgan fingerprint density at radius 2 is 1.97 bits per heavy atom. The van der Waals surface area contributed by atoms with E-state index < -0.39 is 6.10 Å². The maximum Gasteiger partial charge on any atom is 0.254 e. The highest BCUT2D eigenvalue weighted by Crippen LogP contribution is 2.17. The van der Waals surface area contributed by atoms with Crippen LogP contribution in [0.1, 0.15) is 31.2 Å². The second-order valence-electron chi connectivity index (χ2n) is 8.04. The molecule has 8 nitrogen and oxygen atoms in total. The smallest absolute Gasteiger partial charge is 0.254 e. The van der Waals surface area contributed by atoms with Gasteiger partial charge < -0.3 is 15.4 Å². The van der Waals surface area contributed by atoms with Gasteiger partial charge in [-0.1, -0.05) is 43.2 Å². The zero-order valence-corrected chi connectivity index (χ0v) is 17.1. The van der Waals surface area contributed by atoms with Crippen LogP contribution in [0, 0.1) is 0 Å². The van der Waals surface area contributed by atoms with Gasteiger partial charge in [-0.3, -0.25) is 19.2 Å². The van der Waals surface area contributed by atoms with Gasteiger partial charge >= 0.3 is 0 Å². The predicted octanol–water partition coefficient (Wildman–Crippen LogP) is 1.78. The van der Waals surface area contributed by atoms with E-state index in [1.54, 1.807) is 17.1 Å². The Balaban J connectivity index is 1.25. The number of carbonyl (C=O) groups is 2. The van der Waals surface area contributed by atoms with E-state index in [1.807, 2.05) is 18.2 Å². The van der Waals surface area contributed by atoms with Crippen molar-refractivity contribution in [1.29, 1.82) is 0 Å². The van der Waals surface area contributed by atoms with Crippen LogP contribution in [-0.2, 0) is 27.4 Å². The van der Waals surface area contributed by atoms with Crippen molar-refractivity contribution in [1.82, 2.24) is 20.0 Å². The van der Waals surface area contributed by atoms with E-state index >= 15 is 0 Å². The zero-order valence-electron chi connectivity index (χ0n) is 17.1. The molecule has 8 heteroatoms. The quantitative estimate of drug-likeness (QED) is 0.725. The first-order valence-corrected chi connectivity index (χ1v) is 10.7. The lowest BCUT2D eigenvalue weighted by molar-refractivity contribution is -0.133. The molecule has 0 spiro atoms. The van der Waals surface area contributed by atoms with E-state index in [0.717, 1.165) is 25.9 Å². The van der Waals surface area contributed by atoms with Gasteiger partial charge in [-0.15, -0.1) is 0 Å². The number of benzene rings is 1. The number of nitrogens with zero attached hydrogens (tertiary/aromatic N) is 3. The Hall–Kier alpha value is -2.71. The van der Waals surface area contributed by atoms with E-state index in [1.165, 1.54) is 18.4 Å². The van der Waals surface area contributed by atoms with Crippen molar-refractivity contribution in [2.75, 3.05) is 25.0 Å². The van der Waals surface area contributed by atoms with Gasteiger partial charge in [0.25, 0.3) is 5.91 Å². The summed E-state index contributed by atoms with van der Waals surface area (Å²) in [5.41, 5.74) is 1.79. The number of hydrogen-bond donors (Lipinski definition) is 2. The summed E-state index contributed by atoms with van der Waals surface area (Å²) >= 11 is 0. The first kappa shape index (κ1) is 20.6. The maximum absolute atomic E-state index is 12.6. The van der Waals surface area contributed by atoms with Gasteiger partial charge in [0.15, 0.2) is 0 Å². The number of rotatable bonds is 7. The monoisotopic (exact) mass is 411 g/mol. The van der Waals surface area contributed by atoms with Gasteiger partial charge in [0.1, 0.15) is 12.6 Å². The first-order valence-electron chi connectivity index (χ1n) is 10.7. The molecular formula is C22H29N5O3. The fourth-order valence-electron chi connectivity index (χ4n) is 4.07. The fourth-order valence-corrected chi connectivity index (χ4v) is 4.07. The van der Waals surface area contributed by atoms with Crippen LogP contribution < -0.4 is 10.6 Å². The topological polar surface area (TPSA) is 88.5 Å². The lowest BCUT2D eigenvalue weighted by atomic mass is 10.2. The molecule has 2 N–H and O–H groups in total. The van der Waals surface area contributed by atoms with Crippen molar-refractivity contribution in [3.05, 3.63) is 48.3 Å². The second kappa shape index (κ2) is 9.86. The Morgan fingerprint density at radius 1 is 1.17 bits per heavy atom. The average molecular weight is 412 g/mol. The molecule has 2 amide bonds. The Morgan fingerprint density at radius 3 is 2.77 bits per heavy atom. The first-order chi connectivity index (χ1) is 14.7. The van der Waals surface area contributed by atoms with E-state index in [4.69, 9.17) is 4.74 Å². The summed E-state index contributed by atoms with van der Waals surface area (Å²) < 4.78 is 7.23. The molecule has 1 unspecified atom stereocenters. The standard InChI is InChI=1S/C22H29N5O3/c28-21(24-18-8-4-5-9-18)16-27-14-19(12-23-27)25-22(29)20-15-26(10-11-30-20)13-17-6-2-1-3-7-17/h1-3,6-7,12,14,18,20H,4-5,8-11,13,15-16H2,(H,24,28)(H,25,29). The molecule has 1 saturated carbocycles. The lowest BCUT2D eigenvalue weighted by Crippen LogP contribution is -2.47. The van der Waals surface area contributed by atoms with E-state index in [9.17, 15) is 9.59 Å². The van der Waals surface area contributed by atoms with E-state index in [2.05, 4.69) is 32.8 Å². The summed E-state index contributed by atoms with van der Waals surface area (Å²) in [7, 11) is 0. The number of morpholine rings is 1. The highest BCUT2D eigenvalue weighted by atomic mass is 16.5. The summed E-state index contributed by atoms with van der Waals surface area (Å²) in [6.45, 7) is 2.80. The summed E-state index contributed by atoms with van der Waals surface area (Å²) in [6.07, 6.45) is 7.16. The molecule has 2 aliphatic rings. The largest absolute Gasteiger partial charge is 0.366 e. The third-order valence-electron chi connectivity index (χ3n) is 5.62. The molecule has 1 saturated heterocycles. The molecule has 1 aliphatic carbocycles. The molecule has 2 aromatic rings. The highest BCUT2D eigenvalue weighted by molar-refractivity contribution is 5.94. The van der Waals surface area contributed by atoms with Gasteiger partial charge in [0.05, 0.1) is 18.5 Å². The molecule has 1 aromatic heterocycles. The van der Waals surface area contributed by atoms with Gasteiger partial charge in [0.2, 0.25) is 5.91 Å². The SMILES string of the molecule is O=C(Cn1cc(NC(=O)C2CN(Cc3ccccc3)CCO2)cn1)NC1CCCC1. The molecule has 1 aliphatic heterocycles. The van der Waals surface area contributed by atoms with Crippen LogP contribution in [0.4, 0.5) is 5.69 Å². The summed E-state index contributed by atoms with van der Waals surface area (Å²) in [5.74, 6) is -0.238. The molecule has 2 fully saturated rings. The minimum Gasteiger partial charge on any atom is -0.366 e. The Kier molecular flexibility index (Phi) is 6.76. The van der Waals surface area contributed by atoms with Crippen LogP contribution in [0.3, 0.4) is 0 Å². The van der Waals surface area contributed by atoms with E-state index in [0.29, 0.717) is 18.8 Å². The molecule has 1 atom stereocenters. The second-order valence-corrected chi connectivity index (χ2v) is 8.04. The van der Waals surface area contributed by atoms with Gasteiger partial charge in [0, 0.05) is 31.9 Å². The van der Waals surface area contributed by atoms with Crippen molar-refractivity contribution in [2.24, 2.45) is 0 Å². The third kappa shape index (κ3) is 5.67. The summed E-state index contributed by atoms with van der Waals surface area (Å²) in [6, 6.07) is 10.5. The molecule has 0 radical (unpaired) electrons. The number of carbonyl (C=O) groups excluding carboxylic acids is 2. The van der Waals surface area contributed by atoms with Crippen molar-refractivity contribution in [3.63, 3.8) is 0 Å². The van der Waals surface area contributed by atoms with Crippen molar-refractivity contribution in [3.8, 4) is 0 Å². The van der Waals surface area contributed by atoms with Crippen LogP contribution in [0.2, 0.25) is 0 Å². The molecule has 30 heavy (non-hydrogen) atoms. The molecule has 4 rings (SSSR count).